The SMILES string of the molecule is [2H]c1c([2H])c([2H])c2c(c1[2H])c1c([2H])c([2H])c([2H])c([2H])c1n2-c1ccc2c(c1)N(c1c(-c3ccccc3)cc(C(C)(C)C)cc1-c1cccc3c1oc1ccccc13)c1cc(-c3ccc4oc5ccccc5c4c3)cc3c1B2c1ccc(-n2c4c([2H])c([2H])c([2H])c([2H])c4c4c([2H])c([2H])c([2H])c([2H])c42)cc1N3c1c(-c2ccccc2)cc(C(C)(C)C)cc1-c1cccc2oc3ccccc3c12. The molecule has 2 aliphatic rings. The molecule has 0 saturated carbocycles. The van der Waals surface area contributed by atoms with Crippen molar-refractivity contribution in [3.63, 3.8) is 0 Å². The van der Waals surface area contributed by atoms with E-state index in [0.29, 0.717) is 84.1 Å². The molecule has 0 saturated heterocycles. The molecule has 0 amide bonds. The van der Waals surface area contributed by atoms with Gasteiger partial charge >= 0.3 is 0 Å². The number of hydrogen-bond acceptors (Lipinski definition) is 5. The molecule has 7 nitrogen and oxygen atoms in total. The molecule has 22 aromatic rings. The molecule has 2 aliphatic heterocycles. The lowest BCUT2D eigenvalue weighted by Gasteiger charge is -2.46. The van der Waals surface area contributed by atoms with E-state index in [9.17, 15) is 21.9 Å². The number of rotatable bonds is 9. The molecule has 0 bridgehead atoms. The van der Waals surface area contributed by atoms with Crippen molar-refractivity contribution in [3.05, 3.63) is 369 Å². The molecule has 5 aromatic heterocycles. The maximum atomic E-state index is 10.1. The number of nitrogens with zero attached hydrogens (tertiary/aromatic N) is 4. The van der Waals surface area contributed by atoms with E-state index in [1.54, 1.807) is 9.13 Å². The molecule has 7 heterocycles. The van der Waals surface area contributed by atoms with Gasteiger partial charge in [-0.1, -0.05) is 278 Å². The predicted molar refractivity (Wildman–Crippen MR) is 496 cm³/mol. The third kappa shape index (κ3) is 10.1. The van der Waals surface area contributed by atoms with E-state index in [-0.39, 0.29) is 55.0 Å². The first-order valence-electron chi connectivity index (χ1n) is 47.7. The van der Waals surface area contributed by atoms with E-state index < -0.39 is 114 Å². The quantitative estimate of drug-likeness (QED) is 0.135. The van der Waals surface area contributed by atoms with Crippen molar-refractivity contribution in [2.75, 3.05) is 9.80 Å². The lowest BCUT2D eigenvalue weighted by molar-refractivity contribution is 0.590. The highest BCUT2D eigenvalue weighted by Gasteiger charge is 2.47. The van der Waals surface area contributed by atoms with Crippen LogP contribution in [0.25, 0.3) is 176 Å². The normalized spacial score (nSPS) is 14.8. The molecule has 24 rings (SSSR count). The number of aromatic nitrogens is 2. The van der Waals surface area contributed by atoms with Crippen LogP contribution in [0.15, 0.2) is 371 Å². The van der Waals surface area contributed by atoms with Crippen LogP contribution in [0.5, 0.6) is 0 Å². The molecule has 558 valence electrons. The van der Waals surface area contributed by atoms with Gasteiger partial charge in [0.1, 0.15) is 33.5 Å². The molecule has 118 heavy (non-hydrogen) atoms. The second-order valence-electron chi connectivity index (χ2n) is 33.0. The van der Waals surface area contributed by atoms with Crippen molar-refractivity contribution in [1.29, 1.82) is 0 Å². The fraction of sp³-hybridized carbons (Fsp3) is 0.0727. The van der Waals surface area contributed by atoms with E-state index in [1.165, 1.54) is 0 Å². The van der Waals surface area contributed by atoms with Crippen molar-refractivity contribution in [2.24, 2.45) is 0 Å². The average Bonchev–Trinajstić information content (AvgIpc) is 0.903. The molecule has 8 heteroatoms. The third-order valence-corrected chi connectivity index (χ3v) is 24.3. The number of para-hydroxylation sites is 8. The van der Waals surface area contributed by atoms with Gasteiger partial charge in [0.05, 0.1) is 55.4 Å². The van der Waals surface area contributed by atoms with Crippen LogP contribution in [0.1, 0.15) is 74.6 Å². The van der Waals surface area contributed by atoms with E-state index in [1.807, 2.05) is 152 Å². The van der Waals surface area contributed by atoms with Gasteiger partial charge in [0.25, 0.3) is 6.71 Å². The summed E-state index contributed by atoms with van der Waals surface area (Å²) in [4.78, 5) is 4.66. The molecular weight excluding hydrogens is 1440 g/mol. The summed E-state index contributed by atoms with van der Waals surface area (Å²) in [7, 11) is 0. The number of hydrogen-bond donors (Lipinski definition) is 0. The predicted octanol–water partition coefficient (Wildman–Crippen LogP) is 28.6. The van der Waals surface area contributed by atoms with Gasteiger partial charge in [-0.15, -0.1) is 0 Å². The molecule has 0 N–H and O–H groups in total. The molecule has 0 unspecified atom stereocenters. The number of benzene rings is 17. The summed E-state index contributed by atoms with van der Waals surface area (Å²) in [5.41, 5.74) is 18.6. The first-order valence-corrected chi connectivity index (χ1v) is 39.7. The van der Waals surface area contributed by atoms with E-state index in [2.05, 4.69) is 161 Å². The Morgan fingerprint density at radius 2 is 0.686 bits per heavy atom. The first kappa shape index (κ1) is 53.5. The third-order valence-electron chi connectivity index (χ3n) is 24.3. The van der Waals surface area contributed by atoms with Gasteiger partial charge in [-0.05, 0) is 187 Å². The highest BCUT2D eigenvalue weighted by molar-refractivity contribution is 7.00. The molecule has 0 atom stereocenters. The van der Waals surface area contributed by atoms with Crippen molar-refractivity contribution in [2.45, 2.75) is 52.4 Å². The van der Waals surface area contributed by atoms with Crippen LogP contribution in [0.3, 0.4) is 0 Å². The van der Waals surface area contributed by atoms with Crippen LogP contribution in [0, 0.1) is 0 Å². The fourth-order valence-electron chi connectivity index (χ4n) is 18.8. The summed E-state index contributed by atoms with van der Waals surface area (Å²) in [6, 6.07) is 79.8. The van der Waals surface area contributed by atoms with Crippen LogP contribution < -0.4 is 26.2 Å². The Kier molecular flexibility index (Phi) is 11.5. The zero-order valence-electron chi connectivity index (χ0n) is 80.9. The monoisotopic (exact) mass is 1530 g/mol. The number of furan rings is 3. The Balaban J connectivity index is 0.942. The standard InChI is InChI=1S/C110H77BN4O3/c1-109(2,3)70-60-84(66-29-9-7-10-30-66)106(87(62-70)80-40-28-50-103-104(80)83-39-19-26-49-101(83)117-103)114-95-64-72(112-91-43-20-13-33-74(91)75-34-14-21-44-92(75)112)52-54-89(95)111-90-55-53-73(113-93-45-22-15-35-76(93)77-36-16-23-46-94(77)113)65-96(90)115(98-59-69(58-97(114)105(98)111)68-51-56-102-86(57-68)79-38-18-24-47-99(79)116-102)107-85(67-31-11-8-12-32-67)61-71(110(4,5)6)63-88(107)82-42-27-41-81-78-37-17-25-48-100(78)118-108(81)82/h7-65H,1-6H3/i13D,14D,15D,16D,20D,21D,22D,23D,33D,34D,35D,36D,43D,44D,45D,46D. The highest BCUT2D eigenvalue weighted by Crippen LogP contribution is 2.58. The average molecular weight is 1530 g/mol. The van der Waals surface area contributed by atoms with Gasteiger partial charge in [0.2, 0.25) is 0 Å². The van der Waals surface area contributed by atoms with Gasteiger partial charge in [-0.2, -0.15) is 0 Å². The van der Waals surface area contributed by atoms with Crippen LogP contribution in [-0.4, -0.2) is 15.8 Å². The van der Waals surface area contributed by atoms with Crippen LogP contribution in [-0.2, 0) is 10.8 Å². The molecule has 0 spiro atoms. The Labute approximate surface area is 705 Å². The number of fused-ring (bicyclic) bond motifs is 19. The van der Waals surface area contributed by atoms with Gasteiger partial charge in [-0.3, -0.25) is 0 Å². The minimum Gasteiger partial charge on any atom is -0.456 e. The summed E-state index contributed by atoms with van der Waals surface area (Å²) in [6.07, 6.45) is 0. The van der Waals surface area contributed by atoms with Crippen LogP contribution >= 0.6 is 0 Å². The largest absolute Gasteiger partial charge is 0.456 e. The minimum absolute atomic E-state index is 0.0852. The van der Waals surface area contributed by atoms with Gasteiger partial charge in [0.15, 0.2) is 0 Å². The summed E-state index contributed by atoms with van der Waals surface area (Å²) in [5.74, 6) is 0. The summed E-state index contributed by atoms with van der Waals surface area (Å²) < 4.78 is 179. The maximum absolute atomic E-state index is 10.1. The Morgan fingerprint density at radius 1 is 0.280 bits per heavy atom. The zero-order valence-corrected chi connectivity index (χ0v) is 64.9. The lowest BCUT2D eigenvalue weighted by Crippen LogP contribution is -2.61. The molecule has 17 aromatic carbocycles. The first-order chi connectivity index (χ1) is 64.4. The van der Waals surface area contributed by atoms with Crippen LogP contribution in [0.4, 0.5) is 34.1 Å². The minimum atomic E-state index is -0.898. The van der Waals surface area contributed by atoms with Crippen molar-refractivity contribution >= 4 is 167 Å². The molecular formula is C110H77BN4O3. The maximum Gasteiger partial charge on any atom is 0.252 e. The molecule has 0 radical (unpaired) electrons. The highest BCUT2D eigenvalue weighted by atomic mass is 16.3. The smallest absolute Gasteiger partial charge is 0.252 e. The second kappa shape index (κ2) is 25.5. The van der Waals surface area contributed by atoms with E-state index in [4.69, 9.17) is 13.3 Å². The van der Waals surface area contributed by atoms with Gasteiger partial charge in [-0.25, -0.2) is 0 Å². The van der Waals surface area contributed by atoms with Crippen molar-refractivity contribution in [1.82, 2.24) is 9.13 Å². The Hall–Kier alpha value is -14.6. The van der Waals surface area contributed by atoms with E-state index >= 15 is 0 Å². The van der Waals surface area contributed by atoms with Crippen LogP contribution in [0.2, 0.25) is 0 Å². The zero-order chi connectivity index (χ0) is 92.5. The summed E-state index contributed by atoms with van der Waals surface area (Å²) in [5, 5.41) is 4.77. The van der Waals surface area contributed by atoms with Crippen molar-refractivity contribution < 1.29 is 35.2 Å². The van der Waals surface area contributed by atoms with E-state index in [0.717, 1.165) is 99.0 Å². The molecule has 0 aliphatic carbocycles. The van der Waals surface area contributed by atoms with Crippen molar-refractivity contribution in [3.8, 4) is 67.0 Å². The summed E-state index contributed by atoms with van der Waals surface area (Å²) >= 11 is 0. The second-order valence-corrected chi connectivity index (χ2v) is 33.0. The van der Waals surface area contributed by atoms with Gasteiger partial charge < -0.3 is 32.2 Å². The fourth-order valence-corrected chi connectivity index (χ4v) is 18.8. The molecule has 0 fully saturated rings. The number of anilines is 6. The summed E-state index contributed by atoms with van der Waals surface area (Å²) in [6.45, 7) is 12.3. The topological polar surface area (TPSA) is 55.8 Å². The van der Waals surface area contributed by atoms with Gasteiger partial charge in [0, 0.05) is 116 Å². The Bertz CT molecular complexity index is 8870. The lowest BCUT2D eigenvalue weighted by atomic mass is 9.33. The Morgan fingerprint density at radius 3 is 1.21 bits per heavy atom.